The molecule has 134 valence electrons. The Morgan fingerprint density at radius 1 is 1.19 bits per heavy atom. The fourth-order valence-corrected chi connectivity index (χ4v) is 3.59. The van der Waals surface area contributed by atoms with E-state index in [4.69, 9.17) is 5.26 Å². The summed E-state index contributed by atoms with van der Waals surface area (Å²) in [5, 5.41) is 26.6. The molecule has 2 aliphatic rings. The number of thiocyanates is 1. The van der Waals surface area contributed by atoms with Crippen LogP contribution in [0.3, 0.4) is 0 Å². The maximum absolute atomic E-state index is 10.1. The number of nitriles is 1. The standard InChI is InChI=1S/C16H14N2OS.C4H7NO/c17-10-20-14-5-7-16-12(9-14)4-6-15(18-16)11-2-1-3-13(19)8-11;6-4-2-1-3-5-4/h1-3,5,7-9,15,18-19H,4,6H2;1-3H2,(H,5,6). The average Bonchev–Trinajstić information content (AvgIpc) is 3.13. The van der Waals surface area contributed by atoms with Gasteiger partial charge in [0.2, 0.25) is 5.91 Å². The van der Waals surface area contributed by atoms with Crippen LogP contribution in [0.25, 0.3) is 0 Å². The lowest BCUT2D eigenvalue weighted by molar-refractivity contribution is -0.119. The van der Waals surface area contributed by atoms with Crippen molar-refractivity contribution in [2.75, 3.05) is 11.9 Å². The van der Waals surface area contributed by atoms with Crippen molar-refractivity contribution in [1.82, 2.24) is 5.32 Å². The van der Waals surface area contributed by atoms with Gasteiger partial charge < -0.3 is 15.7 Å². The molecule has 0 aromatic heterocycles. The summed E-state index contributed by atoms with van der Waals surface area (Å²) in [6.45, 7) is 0.888. The van der Waals surface area contributed by atoms with Gasteiger partial charge in [0.15, 0.2) is 0 Å². The van der Waals surface area contributed by atoms with Gasteiger partial charge in [-0.25, -0.2) is 0 Å². The number of benzene rings is 2. The van der Waals surface area contributed by atoms with E-state index >= 15 is 0 Å². The zero-order chi connectivity index (χ0) is 18.4. The van der Waals surface area contributed by atoms with Crippen molar-refractivity contribution in [3.8, 4) is 11.2 Å². The van der Waals surface area contributed by atoms with Gasteiger partial charge in [-0.15, -0.1) is 0 Å². The molecule has 2 aromatic carbocycles. The van der Waals surface area contributed by atoms with Gasteiger partial charge >= 0.3 is 0 Å². The first-order chi connectivity index (χ1) is 12.7. The summed E-state index contributed by atoms with van der Waals surface area (Å²) in [6, 6.07) is 13.7. The zero-order valence-corrected chi connectivity index (χ0v) is 15.2. The molecular weight excluding hydrogens is 346 g/mol. The van der Waals surface area contributed by atoms with Gasteiger partial charge in [0, 0.05) is 23.5 Å². The van der Waals surface area contributed by atoms with Crippen LogP contribution < -0.4 is 10.6 Å². The molecule has 1 saturated heterocycles. The largest absolute Gasteiger partial charge is 0.508 e. The molecule has 1 fully saturated rings. The van der Waals surface area contributed by atoms with Crippen LogP contribution in [-0.4, -0.2) is 17.6 Å². The van der Waals surface area contributed by atoms with Crippen molar-refractivity contribution in [3.05, 3.63) is 53.6 Å². The van der Waals surface area contributed by atoms with Crippen molar-refractivity contribution in [3.63, 3.8) is 0 Å². The van der Waals surface area contributed by atoms with E-state index in [1.807, 2.05) is 30.3 Å². The van der Waals surface area contributed by atoms with Crippen molar-refractivity contribution in [1.29, 1.82) is 5.26 Å². The molecule has 26 heavy (non-hydrogen) atoms. The molecule has 2 aliphatic heterocycles. The fraction of sp³-hybridized carbons (Fsp3) is 0.300. The Morgan fingerprint density at radius 2 is 2.08 bits per heavy atom. The highest BCUT2D eigenvalue weighted by Crippen LogP contribution is 2.35. The van der Waals surface area contributed by atoms with Gasteiger partial charge in [-0.2, -0.15) is 5.26 Å². The molecule has 3 N–H and O–H groups in total. The monoisotopic (exact) mass is 367 g/mol. The smallest absolute Gasteiger partial charge is 0.220 e. The highest BCUT2D eigenvalue weighted by atomic mass is 32.2. The number of nitrogens with zero attached hydrogens (tertiary/aromatic N) is 1. The average molecular weight is 367 g/mol. The van der Waals surface area contributed by atoms with E-state index in [1.165, 1.54) is 17.3 Å². The summed E-state index contributed by atoms with van der Waals surface area (Å²) < 4.78 is 0. The van der Waals surface area contributed by atoms with Gasteiger partial charge in [0.1, 0.15) is 11.2 Å². The molecule has 2 heterocycles. The first-order valence-corrected chi connectivity index (χ1v) is 9.48. The number of nitrogens with one attached hydrogen (secondary N) is 2. The van der Waals surface area contributed by atoms with E-state index in [9.17, 15) is 9.90 Å². The van der Waals surface area contributed by atoms with Crippen molar-refractivity contribution in [2.24, 2.45) is 0 Å². The second-order valence-corrected chi connectivity index (χ2v) is 7.15. The minimum absolute atomic E-state index is 0.204. The number of phenols is 1. The number of carbonyl (C=O) groups excluding carboxylic acids is 1. The summed E-state index contributed by atoms with van der Waals surface area (Å²) in [5.41, 5.74) is 3.47. The van der Waals surface area contributed by atoms with E-state index in [0.29, 0.717) is 5.75 Å². The van der Waals surface area contributed by atoms with E-state index in [1.54, 1.807) is 6.07 Å². The summed E-state index contributed by atoms with van der Waals surface area (Å²) >= 11 is 1.19. The summed E-state index contributed by atoms with van der Waals surface area (Å²) in [6.07, 6.45) is 3.72. The van der Waals surface area contributed by atoms with Crippen LogP contribution in [0.5, 0.6) is 5.75 Å². The highest BCUT2D eigenvalue weighted by Gasteiger charge is 2.19. The third kappa shape index (κ3) is 4.70. The quantitative estimate of drug-likeness (QED) is 0.553. The maximum atomic E-state index is 10.1. The van der Waals surface area contributed by atoms with E-state index in [0.717, 1.165) is 48.4 Å². The molecule has 4 rings (SSSR count). The lowest BCUT2D eigenvalue weighted by atomic mass is 9.93. The summed E-state index contributed by atoms with van der Waals surface area (Å²) in [5.74, 6) is 0.505. The molecular formula is C20H21N3O2S. The molecule has 1 unspecified atom stereocenters. The highest BCUT2D eigenvalue weighted by molar-refractivity contribution is 8.03. The summed E-state index contributed by atoms with van der Waals surface area (Å²) in [7, 11) is 0. The third-order valence-corrected chi connectivity index (χ3v) is 5.03. The van der Waals surface area contributed by atoms with Gasteiger partial charge in [-0.1, -0.05) is 12.1 Å². The topological polar surface area (TPSA) is 85.2 Å². The first kappa shape index (κ1) is 18.2. The van der Waals surface area contributed by atoms with Crippen LogP contribution in [-0.2, 0) is 11.2 Å². The first-order valence-electron chi connectivity index (χ1n) is 8.67. The summed E-state index contributed by atoms with van der Waals surface area (Å²) in [4.78, 5) is 11.1. The minimum Gasteiger partial charge on any atom is -0.508 e. The van der Waals surface area contributed by atoms with Gasteiger partial charge in [0.25, 0.3) is 0 Å². The van der Waals surface area contributed by atoms with Crippen molar-refractivity contribution in [2.45, 2.75) is 36.6 Å². The predicted octanol–water partition coefficient (Wildman–Crippen LogP) is 3.96. The van der Waals surface area contributed by atoms with Crippen LogP contribution in [0.15, 0.2) is 47.4 Å². The molecule has 2 aromatic rings. The molecule has 5 nitrogen and oxygen atoms in total. The number of aromatic hydroxyl groups is 1. The van der Waals surface area contributed by atoms with Crippen LogP contribution in [0.1, 0.15) is 36.4 Å². The second-order valence-electron chi connectivity index (χ2n) is 6.30. The fourth-order valence-electron chi connectivity index (χ4n) is 3.15. The van der Waals surface area contributed by atoms with E-state index in [2.05, 4.69) is 22.1 Å². The number of thioether (sulfide) groups is 1. The van der Waals surface area contributed by atoms with Gasteiger partial charge in [-0.05, 0) is 72.5 Å². The molecule has 6 heteroatoms. The van der Waals surface area contributed by atoms with Crippen LogP contribution in [0, 0.1) is 10.7 Å². The number of carbonyl (C=O) groups is 1. The molecule has 0 bridgehead atoms. The number of anilines is 1. The van der Waals surface area contributed by atoms with E-state index < -0.39 is 0 Å². The lowest BCUT2D eigenvalue weighted by Gasteiger charge is -2.27. The molecule has 0 saturated carbocycles. The minimum atomic E-state index is 0.204. The third-order valence-electron chi connectivity index (χ3n) is 4.45. The van der Waals surface area contributed by atoms with E-state index in [-0.39, 0.29) is 11.9 Å². The number of fused-ring (bicyclic) bond motifs is 1. The Bertz CT molecular complexity index is 824. The molecule has 0 aliphatic carbocycles. The number of aryl methyl sites for hydroxylation is 1. The SMILES string of the molecule is N#CSc1ccc2c(c1)CCC(c1cccc(O)c1)N2.O=C1CCCN1. The predicted molar refractivity (Wildman–Crippen MR) is 103 cm³/mol. The van der Waals surface area contributed by atoms with Crippen LogP contribution in [0.4, 0.5) is 5.69 Å². The Labute approximate surface area is 157 Å². The zero-order valence-electron chi connectivity index (χ0n) is 14.4. The lowest BCUT2D eigenvalue weighted by Crippen LogP contribution is -2.17. The molecule has 1 amide bonds. The van der Waals surface area contributed by atoms with Gasteiger partial charge in [0.05, 0.1) is 6.04 Å². The van der Waals surface area contributed by atoms with Crippen LogP contribution >= 0.6 is 11.8 Å². The normalized spacial score (nSPS) is 17.8. The molecule has 1 atom stereocenters. The van der Waals surface area contributed by atoms with Crippen molar-refractivity contribution >= 4 is 23.4 Å². The Morgan fingerprint density at radius 3 is 2.73 bits per heavy atom. The number of rotatable bonds is 2. The molecule has 0 spiro atoms. The Kier molecular flexibility index (Phi) is 6.03. The Balaban J connectivity index is 0.000000278. The number of hydrogen-bond donors (Lipinski definition) is 3. The van der Waals surface area contributed by atoms with Crippen molar-refractivity contribution < 1.29 is 9.90 Å². The maximum Gasteiger partial charge on any atom is 0.220 e. The number of hydrogen-bond acceptors (Lipinski definition) is 5. The number of amides is 1. The van der Waals surface area contributed by atoms with Gasteiger partial charge in [-0.3, -0.25) is 4.79 Å². The van der Waals surface area contributed by atoms with Crippen LogP contribution in [0.2, 0.25) is 0 Å². The Hall–Kier alpha value is -2.65. The number of phenolic OH excluding ortho intramolecular Hbond substituents is 1. The second kappa shape index (κ2) is 8.63. The molecule has 0 radical (unpaired) electrons.